The summed E-state index contributed by atoms with van der Waals surface area (Å²) in [6.07, 6.45) is 5.61. The number of benzene rings is 2. The van der Waals surface area contributed by atoms with Crippen LogP contribution >= 0.6 is 0 Å². The number of halogens is 3. The lowest BCUT2D eigenvalue weighted by Gasteiger charge is -2.31. The normalized spacial score (nSPS) is 17.9. The number of alkyl halides is 3. The number of nitrogens with one attached hydrogen (secondary N) is 4. The number of rotatable bonds is 15. The highest BCUT2D eigenvalue weighted by Crippen LogP contribution is 2.39. The van der Waals surface area contributed by atoms with E-state index in [0.29, 0.717) is 47.5 Å². The Bertz CT molecular complexity index is 2930. The van der Waals surface area contributed by atoms with Crippen LogP contribution in [-0.4, -0.2) is 126 Å². The van der Waals surface area contributed by atoms with E-state index >= 15 is 0 Å². The number of amides is 7. The summed E-state index contributed by atoms with van der Waals surface area (Å²) in [7, 11) is 1.45. The standard InChI is InChI=1S/C51H56F3N11O9/c1-72-39-13-12-33(27-38(39)64-22-16-42(67)61-50(64)71)48(69)57-19-24-74-26-25-73-23-17-43(68)63-20-3-2-5-34-30-58-47(55)44-45(62-65(46(34)44)37-7-4-6-36(29-37)59-41(66)15-21-63)31-8-10-32(11-9-31)49(70)60-40-28-35(14-18-56-40)51(52,53)54/h2,5,8-14,18,27-28,30,36-37H,3-4,6-7,15-17,19-26,29H2,1H3,(H2,55,58)(H,57,69)(H,59,66)(H,56,60,70)(H,61,67,71)/b5-2+/t36-,37-/m1/s1. The number of nitrogens with zero attached hydrogens (tertiary/aromatic N) is 6. The number of urea groups is 1. The van der Waals surface area contributed by atoms with Crippen molar-refractivity contribution in [2.45, 2.75) is 69.6 Å². The molecule has 7 amide bonds. The number of carbonyl (C=O) groups excluding carboxylic acids is 6. The lowest BCUT2D eigenvalue weighted by molar-refractivity contribution is -0.137. The minimum absolute atomic E-state index is 0.0775. The maximum Gasteiger partial charge on any atom is 0.416 e. The number of hydrogen-bond acceptors (Lipinski definition) is 13. The minimum atomic E-state index is -4.60. The van der Waals surface area contributed by atoms with E-state index in [9.17, 15) is 41.9 Å². The Hall–Kier alpha value is -7.92. The van der Waals surface area contributed by atoms with E-state index < -0.39 is 29.6 Å². The molecule has 2 aromatic carbocycles. The van der Waals surface area contributed by atoms with Gasteiger partial charge < -0.3 is 40.8 Å². The number of methoxy groups -OCH3 is 1. The first kappa shape index (κ1) is 52.4. The van der Waals surface area contributed by atoms with Crippen LogP contribution in [0.2, 0.25) is 0 Å². The van der Waals surface area contributed by atoms with Gasteiger partial charge in [0.2, 0.25) is 17.7 Å². The second kappa shape index (κ2) is 23.7. The first-order valence-corrected chi connectivity index (χ1v) is 24.2. The molecule has 6 N–H and O–H groups in total. The van der Waals surface area contributed by atoms with Crippen molar-refractivity contribution < 1.29 is 56.1 Å². The highest BCUT2D eigenvalue weighted by molar-refractivity contribution is 6.08. The predicted molar refractivity (Wildman–Crippen MR) is 266 cm³/mol. The average Bonchev–Trinajstić information content (AvgIpc) is 3.80. The molecular formula is C51H56F3N11O9. The van der Waals surface area contributed by atoms with Crippen molar-refractivity contribution in [3.63, 3.8) is 0 Å². The van der Waals surface area contributed by atoms with Crippen LogP contribution in [-0.2, 0) is 30.0 Å². The van der Waals surface area contributed by atoms with Gasteiger partial charge in [0.15, 0.2) is 0 Å². The van der Waals surface area contributed by atoms with Gasteiger partial charge in [-0.15, -0.1) is 0 Å². The van der Waals surface area contributed by atoms with Gasteiger partial charge in [0.05, 0.1) is 68.2 Å². The maximum atomic E-state index is 13.6. The number of hydrogen-bond donors (Lipinski definition) is 5. The monoisotopic (exact) mass is 1020 g/mol. The van der Waals surface area contributed by atoms with Crippen molar-refractivity contribution in [1.82, 2.24) is 40.6 Å². The third kappa shape index (κ3) is 12.8. The molecule has 2 bridgehead atoms. The van der Waals surface area contributed by atoms with E-state index in [1.165, 1.54) is 30.2 Å². The van der Waals surface area contributed by atoms with E-state index in [2.05, 4.69) is 31.2 Å². The molecule has 8 rings (SSSR count). The molecule has 2 atom stereocenters. The number of nitrogens with two attached hydrogens (primary N) is 1. The largest absolute Gasteiger partial charge is 0.495 e. The number of carbonyl (C=O) groups is 6. The maximum absolute atomic E-state index is 13.6. The molecule has 2 aliphatic heterocycles. The summed E-state index contributed by atoms with van der Waals surface area (Å²) in [6, 6.07) is 11.8. The molecule has 1 saturated carbocycles. The molecule has 5 aromatic rings. The molecule has 23 heteroatoms. The van der Waals surface area contributed by atoms with Crippen LogP contribution in [0.3, 0.4) is 0 Å². The molecule has 0 radical (unpaired) electrons. The Morgan fingerprint density at radius 1 is 0.878 bits per heavy atom. The molecule has 20 nitrogen and oxygen atoms in total. The molecule has 1 saturated heterocycles. The van der Waals surface area contributed by atoms with Crippen LogP contribution in [0.15, 0.2) is 73.1 Å². The fraction of sp³-hybridized carbons (Fsp3) is 0.392. The molecule has 1 aliphatic carbocycles. The summed E-state index contributed by atoms with van der Waals surface area (Å²) in [6.45, 7) is 1.61. The van der Waals surface area contributed by atoms with Crippen LogP contribution in [0.4, 0.5) is 35.3 Å². The van der Waals surface area contributed by atoms with E-state index in [1.54, 1.807) is 35.4 Å². The zero-order chi connectivity index (χ0) is 52.4. The number of ether oxygens (including phenoxy) is 3. The molecule has 74 heavy (non-hydrogen) atoms. The second-order valence-corrected chi connectivity index (χ2v) is 17.9. The van der Waals surface area contributed by atoms with E-state index in [1.807, 2.05) is 16.8 Å². The summed E-state index contributed by atoms with van der Waals surface area (Å²) in [5.74, 6) is -1.41. The SMILES string of the molecule is COc1ccc(C(=O)NCCOCCOCCC(=O)N2CC/C=C/c3cnc(N)c4c(-c5ccc(C(=O)Nc6cc(C(F)(F)F)ccn6)cc5)nn(c34)[C@@H]3CCC[C@H](C3)NC(=O)CC2)cc1N1CCC(=O)NC1=O. The number of fused-ring (bicyclic) bond motifs is 3. The van der Waals surface area contributed by atoms with Crippen LogP contribution in [0, 0.1) is 0 Å². The summed E-state index contributed by atoms with van der Waals surface area (Å²) in [4.78, 5) is 88.4. The third-order valence-corrected chi connectivity index (χ3v) is 12.9. The Morgan fingerprint density at radius 2 is 1.65 bits per heavy atom. The Labute approximate surface area is 423 Å². The van der Waals surface area contributed by atoms with Crippen molar-refractivity contribution in [3.8, 4) is 17.0 Å². The van der Waals surface area contributed by atoms with Gasteiger partial charge in [0.1, 0.15) is 23.1 Å². The molecule has 0 unspecified atom stereocenters. The Morgan fingerprint density at radius 3 is 2.42 bits per heavy atom. The topological polar surface area (TPSA) is 254 Å². The number of nitrogen functional groups attached to an aromatic ring is 1. The lowest BCUT2D eigenvalue weighted by Crippen LogP contribution is -2.49. The van der Waals surface area contributed by atoms with Crippen molar-refractivity contribution in [3.05, 3.63) is 95.3 Å². The van der Waals surface area contributed by atoms with Gasteiger partial charge in [-0.1, -0.05) is 24.3 Å². The molecule has 0 spiro atoms. The van der Waals surface area contributed by atoms with Crippen molar-refractivity contribution in [2.24, 2.45) is 0 Å². The summed E-state index contributed by atoms with van der Waals surface area (Å²) >= 11 is 0. The molecule has 3 aromatic heterocycles. The smallest absolute Gasteiger partial charge is 0.416 e. The van der Waals surface area contributed by atoms with Crippen LogP contribution in [0.25, 0.3) is 28.2 Å². The molecule has 390 valence electrons. The minimum Gasteiger partial charge on any atom is -0.495 e. The fourth-order valence-corrected chi connectivity index (χ4v) is 9.12. The molecule has 2 fully saturated rings. The summed E-state index contributed by atoms with van der Waals surface area (Å²) in [5, 5.41) is 16.4. The van der Waals surface area contributed by atoms with Crippen LogP contribution in [0.1, 0.15) is 89.3 Å². The van der Waals surface area contributed by atoms with Crippen molar-refractivity contribution in [2.75, 3.05) is 75.7 Å². The quantitative estimate of drug-likeness (QED) is 0.0768. The first-order chi connectivity index (χ1) is 35.7. The van der Waals surface area contributed by atoms with Gasteiger partial charge in [-0.25, -0.2) is 14.8 Å². The average molecular weight is 1020 g/mol. The van der Waals surface area contributed by atoms with Gasteiger partial charge in [-0.3, -0.25) is 38.9 Å². The highest BCUT2D eigenvalue weighted by atomic mass is 19.4. The van der Waals surface area contributed by atoms with Crippen molar-refractivity contribution >= 4 is 69.9 Å². The van der Waals surface area contributed by atoms with E-state index in [0.717, 1.165) is 48.7 Å². The van der Waals surface area contributed by atoms with Gasteiger partial charge in [0.25, 0.3) is 11.8 Å². The molecule has 3 aliphatic rings. The van der Waals surface area contributed by atoms with Gasteiger partial charge >= 0.3 is 12.2 Å². The number of aromatic nitrogens is 4. The Balaban J connectivity index is 0.858. The zero-order valence-electron chi connectivity index (χ0n) is 40.5. The molecular weight excluding hydrogens is 968 g/mol. The predicted octanol–water partition coefficient (Wildman–Crippen LogP) is 5.89. The third-order valence-electron chi connectivity index (χ3n) is 12.9. The van der Waals surface area contributed by atoms with Crippen LogP contribution < -0.4 is 36.6 Å². The van der Waals surface area contributed by atoms with Gasteiger partial charge in [-0.05, 0) is 74.6 Å². The summed E-state index contributed by atoms with van der Waals surface area (Å²) < 4.78 is 58.5. The Kier molecular flexibility index (Phi) is 16.8. The lowest BCUT2D eigenvalue weighted by atomic mass is 9.90. The van der Waals surface area contributed by atoms with Crippen LogP contribution in [0.5, 0.6) is 5.75 Å². The number of pyridine rings is 2. The first-order valence-electron chi connectivity index (χ1n) is 24.2. The highest BCUT2D eigenvalue weighted by Gasteiger charge is 2.32. The van der Waals surface area contributed by atoms with Gasteiger partial charge in [0, 0.05) is 79.7 Å². The number of anilines is 3. The van der Waals surface area contributed by atoms with Crippen molar-refractivity contribution in [1.29, 1.82) is 0 Å². The van der Waals surface area contributed by atoms with Gasteiger partial charge in [-0.2, -0.15) is 18.3 Å². The molecule has 5 heterocycles. The van der Waals surface area contributed by atoms with E-state index in [4.69, 9.17) is 25.0 Å². The second-order valence-electron chi connectivity index (χ2n) is 17.9. The zero-order valence-corrected chi connectivity index (χ0v) is 40.5. The number of imide groups is 1. The summed E-state index contributed by atoms with van der Waals surface area (Å²) in [5.41, 5.74) is 9.10. The van der Waals surface area contributed by atoms with E-state index in [-0.39, 0.29) is 118 Å². The fourth-order valence-electron chi connectivity index (χ4n) is 9.12.